The van der Waals surface area contributed by atoms with E-state index < -0.39 is 7.92 Å². The minimum absolute atomic E-state index is 0.964. The number of aryl methyl sites for hydroxylation is 10. The van der Waals surface area contributed by atoms with Crippen molar-refractivity contribution in [3.8, 4) is 33.4 Å². The Balaban J connectivity index is 1.92. The van der Waals surface area contributed by atoms with Crippen molar-refractivity contribution in [2.24, 2.45) is 0 Å². The summed E-state index contributed by atoms with van der Waals surface area (Å²) in [5.41, 5.74) is 23.8. The number of benzene rings is 6. The minimum atomic E-state index is -0.964. The molecule has 0 spiro atoms. The molecule has 0 saturated carbocycles. The third kappa shape index (κ3) is 7.08. The topological polar surface area (TPSA) is 0 Å². The van der Waals surface area contributed by atoms with E-state index in [0.717, 1.165) is 0 Å². The standard InChI is InChI=1S/C48H51P/c1-28-13-29(2)19-40(18-28)45-38(11)46(41-20-30(3)14-31(4)21-41)48(47(39(45)12)42-22-32(5)15-33(6)23-42)49(43-24-34(7)16-35(8)25-43)44-26-36(9)17-37(10)27-44/h13-27H,1-12H3. The Hall–Kier alpha value is -4.25. The van der Waals surface area contributed by atoms with E-state index in [4.69, 9.17) is 0 Å². The highest BCUT2D eigenvalue weighted by Crippen LogP contribution is 2.48. The fraction of sp³-hybridized carbons (Fsp3) is 0.250. The van der Waals surface area contributed by atoms with Crippen LogP contribution in [-0.2, 0) is 0 Å². The highest BCUT2D eigenvalue weighted by Gasteiger charge is 2.30. The van der Waals surface area contributed by atoms with Gasteiger partial charge in [-0.25, -0.2) is 0 Å². The fourth-order valence-corrected chi connectivity index (χ4v) is 11.5. The first kappa shape index (κ1) is 34.6. The van der Waals surface area contributed by atoms with Crippen molar-refractivity contribution in [1.29, 1.82) is 0 Å². The van der Waals surface area contributed by atoms with Crippen LogP contribution in [0.25, 0.3) is 33.4 Å². The minimum Gasteiger partial charge on any atom is -0.0563 e. The van der Waals surface area contributed by atoms with Crippen molar-refractivity contribution in [2.75, 3.05) is 0 Å². The van der Waals surface area contributed by atoms with E-state index >= 15 is 0 Å². The Morgan fingerprint density at radius 3 is 0.755 bits per heavy atom. The third-order valence-corrected chi connectivity index (χ3v) is 12.1. The SMILES string of the molecule is Cc1cc(C)cc(-c2c(C)c(-c3cc(C)cc(C)c3)c(P(c3cc(C)cc(C)c3)c3cc(C)cc(C)c3)c(-c3cc(C)cc(C)c3)c2C)c1. The highest BCUT2D eigenvalue weighted by atomic mass is 31.1. The molecule has 6 aromatic carbocycles. The van der Waals surface area contributed by atoms with Crippen molar-refractivity contribution in [1.82, 2.24) is 0 Å². The molecule has 6 aromatic rings. The molecule has 0 atom stereocenters. The van der Waals surface area contributed by atoms with Gasteiger partial charge in [-0.1, -0.05) is 147 Å². The van der Waals surface area contributed by atoms with E-state index in [9.17, 15) is 0 Å². The molecule has 0 unspecified atom stereocenters. The summed E-state index contributed by atoms with van der Waals surface area (Å²) < 4.78 is 0. The average Bonchev–Trinajstić information content (AvgIpc) is 2.95. The zero-order valence-corrected chi connectivity index (χ0v) is 32.5. The first-order chi connectivity index (χ1) is 23.2. The summed E-state index contributed by atoms with van der Waals surface area (Å²) in [5, 5.41) is 4.28. The Labute approximate surface area is 297 Å². The largest absolute Gasteiger partial charge is 0.0563 e. The molecule has 0 aromatic heterocycles. The van der Waals surface area contributed by atoms with Crippen LogP contribution in [0.4, 0.5) is 0 Å². The lowest BCUT2D eigenvalue weighted by Crippen LogP contribution is -2.27. The smallest absolute Gasteiger partial charge is 0.00117 e. The van der Waals surface area contributed by atoms with Gasteiger partial charge in [0.15, 0.2) is 0 Å². The molecule has 0 N–H and O–H groups in total. The van der Waals surface area contributed by atoms with Crippen LogP contribution in [0, 0.1) is 83.1 Å². The molecular formula is C48H51P. The van der Waals surface area contributed by atoms with Gasteiger partial charge in [-0.15, -0.1) is 0 Å². The summed E-state index contributed by atoms with van der Waals surface area (Å²) in [4.78, 5) is 0. The average molecular weight is 659 g/mol. The van der Waals surface area contributed by atoms with E-state index in [1.807, 2.05) is 0 Å². The van der Waals surface area contributed by atoms with Crippen LogP contribution >= 0.6 is 7.92 Å². The Morgan fingerprint density at radius 2 is 0.490 bits per heavy atom. The molecular weight excluding hydrogens is 608 g/mol. The first-order valence-electron chi connectivity index (χ1n) is 17.6. The van der Waals surface area contributed by atoms with Gasteiger partial charge in [-0.2, -0.15) is 0 Å². The molecule has 0 radical (unpaired) electrons. The van der Waals surface area contributed by atoms with Crippen LogP contribution in [0.5, 0.6) is 0 Å². The molecule has 0 aliphatic carbocycles. The quantitative estimate of drug-likeness (QED) is 0.156. The zero-order chi connectivity index (χ0) is 35.3. The van der Waals surface area contributed by atoms with Crippen LogP contribution in [0.1, 0.15) is 66.8 Å². The summed E-state index contributed by atoms with van der Waals surface area (Å²) >= 11 is 0. The molecule has 0 amide bonds. The van der Waals surface area contributed by atoms with Gasteiger partial charge in [-0.3, -0.25) is 0 Å². The summed E-state index contributed by atoms with van der Waals surface area (Å²) in [6.07, 6.45) is 0. The van der Waals surface area contributed by atoms with Crippen LogP contribution in [-0.4, -0.2) is 0 Å². The van der Waals surface area contributed by atoms with E-state index in [1.54, 1.807) is 0 Å². The molecule has 0 nitrogen and oxygen atoms in total. The van der Waals surface area contributed by atoms with Crippen LogP contribution in [0.3, 0.4) is 0 Å². The molecule has 0 bridgehead atoms. The van der Waals surface area contributed by atoms with E-state index in [-0.39, 0.29) is 0 Å². The predicted octanol–water partition coefficient (Wildman–Crippen LogP) is 12.1. The lowest BCUT2D eigenvalue weighted by atomic mass is 9.82. The van der Waals surface area contributed by atoms with Gasteiger partial charge in [0.05, 0.1) is 0 Å². The Bertz CT molecular complexity index is 2010. The number of hydrogen-bond donors (Lipinski definition) is 0. The van der Waals surface area contributed by atoms with Gasteiger partial charge in [0.2, 0.25) is 0 Å². The summed E-state index contributed by atoms with van der Waals surface area (Å²) in [7, 11) is -0.964. The van der Waals surface area contributed by atoms with E-state index in [1.165, 1.54) is 116 Å². The summed E-state index contributed by atoms with van der Waals surface area (Å²) in [6.45, 7) is 27.2. The van der Waals surface area contributed by atoms with Crippen molar-refractivity contribution in [3.05, 3.63) is 158 Å². The van der Waals surface area contributed by atoms with Gasteiger partial charge < -0.3 is 0 Å². The molecule has 0 aliphatic rings. The molecule has 0 aliphatic heterocycles. The fourth-order valence-electron chi connectivity index (χ4n) is 8.30. The lowest BCUT2D eigenvalue weighted by molar-refractivity contribution is 1.33. The molecule has 6 rings (SSSR count). The maximum Gasteiger partial charge on any atom is 0.00117 e. The Morgan fingerprint density at radius 1 is 0.265 bits per heavy atom. The van der Waals surface area contributed by atoms with Crippen molar-refractivity contribution < 1.29 is 0 Å². The normalized spacial score (nSPS) is 11.4. The lowest BCUT2D eigenvalue weighted by Gasteiger charge is -2.32. The molecule has 0 fully saturated rings. The maximum absolute atomic E-state index is 2.45. The molecule has 49 heavy (non-hydrogen) atoms. The zero-order valence-electron chi connectivity index (χ0n) is 31.6. The number of rotatable bonds is 6. The van der Waals surface area contributed by atoms with E-state index in [0.29, 0.717) is 0 Å². The molecule has 1 heteroatoms. The summed E-state index contributed by atoms with van der Waals surface area (Å²) in [6, 6.07) is 35.8. The van der Waals surface area contributed by atoms with E-state index in [2.05, 4.69) is 174 Å². The second-order valence-electron chi connectivity index (χ2n) is 14.9. The van der Waals surface area contributed by atoms with Gasteiger partial charge in [0.1, 0.15) is 0 Å². The van der Waals surface area contributed by atoms with Crippen molar-refractivity contribution >= 4 is 23.8 Å². The van der Waals surface area contributed by atoms with Gasteiger partial charge in [-0.05, 0) is 146 Å². The molecule has 248 valence electrons. The monoisotopic (exact) mass is 658 g/mol. The molecule has 0 heterocycles. The van der Waals surface area contributed by atoms with Gasteiger partial charge in [0, 0.05) is 5.30 Å². The summed E-state index contributed by atoms with van der Waals surface area (Å²) in [5.74, 6) is 0. The van der Waals surface area contributed by atoms with Crippen molar-refractivity contribution in [3.63, 3.8) is 0 Å². The van der Waals surface area contributed by atoms with Crippen LogP contribution in [0.15, 0.2) is 91.0 Å². The predicted molar refractivity (Wildman–Crippen MR) is 218 cm³/mol. The second-order valence-corrected chi connectivity index (χ2v) is 17.0. The first-order valence-corrected chi connectivity index (χ1v) is 18.9. The molecule has 0 saturated heterocycles. The maximum atomic E-state index is 2.45. The highest BCUT2D eigenvalue weighted by molar-refractivity contribution is 7.80. The van der Waals surface area contributed by atoms with Crippen molar-refractivity contribution in [2.45, 2.75) is 83.1 Å². The third-order valence-electron chi connectivity index (χ3n) is 9.66. The van der Waals surface area contributed by atoms with Crippen LogP contribution < -0.4 is 15.9 Å². The van der Waals surface area contributed by atoms with Gasteiger partial charge >= 0.3 is 0 Å². The van der Waals surface area contributed by atoms with Gasteiger partial charge in [0.25, 0.3) is 0 Å². The number of hydrogen-bond acceptors (Lipinski definition) is 0. The second kappa shape index (κ2) is 13.6. The Kier molecular flexibility index (Phi) is 9.59. The van der Waals surface area contributed by atoms with Crippen LogP contribution in [0.2, 0.25) is 0 Å².